The first-order chi connectivity index (χ1) is 5.54. The van der Waals surface area contributed by atoms with Crippen molar-refractivity contribution in [2.45, 2.75) is 44.3 Å². The fraction of sp³-hybridized carbons (Fsp3) is 1.00. The Hall–Kier alpha value is -0.0900. The topological polar surface area (TPSA) is 54.4 Å². The zero-order valence-electron chi connectivity index (χ0n) is 7.36. The van der Waals surface area contributed by atoms with E-state index in [1.54, 1.807) is 0 Å². The summed E-state index contributed by atoms with van der Waals surface area (Å²) in [4.78, 5) is 0. The SMILES string of the molecule is CCC1CCC(S(=O)(=O)O)CC1. The zero-order chi connectivity index (χ0) is 9.19. The largest absolute Gasteiger partial charge is 0.285 e. The maximum Gasteiger partial charge on any atom is 0.267 e. The minimum atomic E-state index is -3.76. The van der Waals surface area contributed by atoms with E-state index in [9.17, 15) is 8.42 Å². The van der Waals surface area contributed by atoms with Gasteiger partial charge in [0, 0.05) is 0 Å². The molecule has 0 saturated heterocycles. The number of rotatable bonds is 2. The van der Waals surface area contributed by atoms with Gasteiger partial charge in [-0.25, -0.2) is 0 Å². The van der Waals surface area contributed by atoms with Crippen LogP contribution in [-0.2, 0) is 10.1 Å². The van der Waals surface area contributed by atoms with Crippen molar-refractivity contribution in [3.8, 4) is 0 Å². The van der Waals surface area contributed by atoms with Gasteiger partial charge >= 0.3 is 0 Å². The second kappa shape index (κ2) is 3.75. The summed E-state index contributed by atoms with van der Waals surface area (Å²) >= 11 is 0. The molecule has 1 saturated carbocycles. The molecule has 0 unspecified atom stereocenters. The fourth-order valence-electron chi connectivity index (χ4n) is 1.84. The first-order valence-electron chi connectivity index (χ1n) is 4.50. The Morgan fingerprint density at radius 1 is 1.25 bits per heavy atom. The normalized spacial score (nSPS) is 31.8. The van der Waals surface area contributed by atoms with Crippen LogP contribution in [0.1, 0.15) is 39.0 Å². The molecule has 1 aliphatic carbocycles. The van der Waals surface area contributed by atoms with E-state index in [-0.39, 0.29) is 0 Å². The lowest BCUT2D eigenvalue weighted by molar-refractivity contribution is 0.336. The van der Waals surface area contributed by atoms with Crippen molar-refractivity contribution in [1.82, 2.24) is 0 Å². The molecule has 0 aliphatic heterocycles. The van der Waals surface area contributed by atoms with Crippen LogP contribution in [0, 0.1) is 5.92 Å². The lowest BCUT2D eigenvalue weighted by Gasteiger charge is -2.25. The molecule has 4 heteroatoms. The number of hydrogen-bond donors (Lipinski definition) is 1. The van der Waals surface area contributed by atoms with E-state index in [0.717, 1.165) is 19.3 Å². The molecule has 1 aliphatic rings. The van der Waals surface area contributed by atoms with Crippen molar-refractivity contribution in [3.05, 3.63) is 0 Å². The Labute approximate surface area is 73.9 Å². The third-order valence-electron chi connectivity index (χ3n) is 2.79. The molecular weight excluding hydrogens is 176 g/mol. The summed E-state index contributed by atoms with van der Waals surface area (Å²) in [6.45, 7) is 2.12. The average Bonchev–Trinajstić information content (AvgIpc) is 2.03. The van der Waals surface area contributed by atoms with E-state index in [1.807, 2.05) is 0 Å². The van der Waals surface area contributed by atoms with Crippen molar-refractivity contribution in [3.63, 3.8) is 0 Å². The van der Waals surface area contributed by atoms with Crippen LogP contribution < -0.4 is 0 Å². The third kappa shape index (κ3) is 2.45. The Morgan fingerprint density at radius 2 is 1.75 bits per heavy atom. The Bertz CT molecular complexity index is 225. The molecule has 72 valence electrons. The molecular formula is C8H16O3S. The molecule has 1 fully saturated rings. The highest BCUT2D eigenvalue weighted by molar-refractivity contribution is 7.86. The van der Waals surface area contributed by atoms with E-state index in [4.69, 9.17) is 4.55 Å². The first-order valence-corrected chi connectivity index (χ1v) is 6.00. The van der Waals surface area contributed by atoms with Crippen molar-refractivity contribution in [2.24, 2.45) is 5.92 Å². The van der Waals surface area contributed by atoms with Crippen molar-refractivity contribution in [1.29, 1.82) is 0 Å². The molecule has 0 aromatic rings. The highest BCUT2D eigenvalue weighted by atomic mass is 32.2. The Kier molecular flexibility index (Phi) is 3.12. The molecule has 0 radical (unpaired) electrons. The van der Waals surface area contributed by atoms with Crippen LogP contribution in [0.4, 0.5) is 0 Å². The summed E-state index contributed by atoms with van der Waals surface area (Å²) in [6, 6.07) is 0. The quantitative estimate of drug-likeness (QED) is 0.679. The van der Waals surface area contributed by atoms with Gasteiger partial charge in [-0.05, 0) is 31.6 Å². The molecule has 0 atom stereocenters. The van der Waals surface area contributed by atoms with E-state index in [1.165, 1.54) is 0 Å². The van der Waals surface area contributed by atoms with Crippen LogP contribution in [0.15, 0.2) is 0 Å². The first kappa shape index (κ1) is 9.99. The lowest BCUT2D eigenvalue weighted by atomic mass is 9.87. The van der Waals surface area contributed by atoms with Gasteiger partial charge in [0.15, 0.2) is 0 Å². The molecule has 0 spiro atoms. The van der Waals surface area contributed by atoms with Gasteiger partial charge in [-0.15, -0.1) is 0 Å². The molecule has 0 heterocycles. The summed E-state index contributed by atoms with van der Waals surface area (Å²) in [7, 11) is -3.76. The molecule has 0 bridgehead atoms. The maximum absolute atomic E-state index is 10.7. The van der Waals surface area contributed by atoms with Gasteiger partial charge in [-0.1, -0.05) is 13.3 Å². The van der Waals surface area contributed by atoms with Crippen molar-refractivity contribution < 1.29 is 13.0 Å². The zero-order valence-corrected chi connectivity index (χ0v) is 8.18. The fourth-order valence-corrected chi connectivity index (χ4v) is 2.71. The van der Waals surface area contributed by atoms with Crippen molar-refractivity contribution in [2.75, 3.05) is 0 Å². The Balaban J connectivity index is 2.47. The van der Waals surface area contributed by atoms with Gasteiger partial charge in [-0.3, -0.25) is 4.55 Å². The van der Waals surface area contributed by atoms with Gasteiger partial charge in [0.25, 0.3) is 10.1 Å². The summed E-state index contributed by atoms with van der Waals surface area (Å²) in [5.74, 6) is 0.669. The third-order valence-corrected chi connectivity index (χ3v) is 4.11. The summed E-state index contributed by atoms with van der Waals surface area (Å²) in [5.41, 5.74) is 0. The van der Waals surface area contributed by atoms with Crippen LogP contribution >= 0.6 is 0 Å². The van der Waals surface area contributed by atoms with Crippen LogP contribution in [0.25, 0.3) is 0 Å². The van der Waals surface area contributed by atoms with E-state index in [0.29, 0.717) is 18.8 Å². The predicted octanol–water partition coefficient (Wildman–Crippen LogP) is 1.84. The van der Waals surface area contributed by atoms with Crippen LogP contribution in [0.2, 0.25) is 0 Å². The van der Waals surface area contributed by atoms with Gasteiger partial charge in [0.05, 0.1) is 5.25 Å². The average molecular weight is 192 g/mol. The minimum Gasteiger partial charge on any atom is -0.285 e. The predicted molar refractivity (Wildman–Crippen MR) is 47.6 cm³/mol. The van der Waals surface area contributed by atoms with Gasteiger partial charge in [0.1, 0.15) is 0 Å². The smallest absolute Gasteiger partial charge is 0.267 e. The molecule has 3 nitrogen and oxygen atoms in total. The lowest BCUT2D eigenvalue weighted by Crippen LogP contribution is -2.26. The summed E-state index contributed by atoms with van der Waals surface area (Å²) in [5, 5.41) is -0.486. The molecule has 1 N–H and O–H groups in total. The number of hydrogen-bond acceptors (Lipinski definition) is 2. The van der Waals surface area contributed by atoms with Crippen LogP contribution in [0.3, 0.4) is 0 Å². The van der Waals surface area contributed by atoms with Crippen LogP contribution in [-0.4, -0.2) is 18.2 Å². The van der Waals surface area contributed by atoms with Gasteiger partial charge < -0.3 is 0 Å². The maximum atomic E-state index is 10.7. The Morgan fingerprint density at radius 3 is 2.08 bits per heavy atom. The highest BCUT2D eigenvalue weighted by Gasteiger charge is 2.28. The van der Waals surface area contributed by atoms with Crippen molar-refractivity contribution >= 4 is 10.1 Å². The van der Waals surface area contributed by atoms with E-state index in [2.05, 4.69) is 6.92 Å². The minimum absolute atomic E-state index is 0.486. The highest BCUT2D eigenvalue weighted by Crippen LogP contribution is 2.29. The summed E-state index contributed by atoms with van der Waals surface area (Å²) < 4.78 is 30.2. The molecule has 12 heavy (non-hydrogen) atoms. The van der Waals surface area contributed by atoms with E-state index >= 15 is 0 Å². The standard InChI is InChI=1S/C8H16O3S/c1-2-7-3-5-8(6-4-7)12(9,10)11/h7-8H,2-6H2,1H3,(H,9,10,11). The van der Waals surface area contributed by atoms with Gasteiger partial charge in [0.2, 0.25) is 0 Å². The van der Waals surface area contributed by atoms with Crippen LogP contribution in [0.5, 0.6) is 0 Å². The monoisotopic (exact) mass is 192 g/mol. The molecule has 1 rings (SSSR count). The molecule has 0 aromatic heterocycles. The molecule has 0 amide bonds. The second-order valence-electron chi connectivity index (χ2n) is 3.57. The second-order valence-corrected chi connectivity index (χ2v) is 5.26. The van der Waals surface area contributed by atoms with E-state index < -0.39 is 15.4 Å². The molecule has 0 aromatic carbocycles. The van der Waals surface area contributed by atoms with Gasteiger partial charge in [-0.2, -0.15) is 8.42 Å². The summed E-state index contributed by atoms with van der Waals surface area (Å²) in [6.07, 6.45) is 4.29.